The van der Waals surface area contributed by atoms with Gasteiger partial charge in [-0.25, -0.2) is 0 Å². The van der Waals surface area contributed by atoms with Crippen molar-refractivity contribution in [2.24, 2.45) is 5.73 Å². The van der Waals surface area contributed by atoms with Crippen LogP contribution in [0.2, 0.25) is 0 Å². The first-order chi connectivity index (χ1) is 8.58. The van der Waals surface area contributed by atoms with Crippen LogP contribution in [0.15, 0.2) is 18.2 Å². The Morgan fingerprint density at radius 2 is 2.00 bits per heavy atom. The summed E-state index contributed by atoms with van der Waals surface area (Å²) < 4.78 is 0. The van der Waals surface area contributed by atoms with Crippen LogP contribution in [0.3, 0.4) is 0 Å². The topological polar surface area (TPSA) is 29.3 Å². The Labute approximate surface area is 111 Å². The summed E-state index contributed by atoms with van der Waals surface area (Å²) in [6.45, 7) is 4.24. The van der Waals surface area contributed by atoms with Crippen LogP contribution < -0.4 is 10.6 Å². The fourth-order valence-electron chi connectivity index (χ4n) is 3.06. The number of hydrogen-bond donors (Lipinski definition) is 1. The molecule has 0 aromatic heterocycles. The Morgan fingerprint density at radius 3 is 2.61 bits per heavy atom. The fourth-order valence-corrected chi connectivity index (χ4v) is 3.06. The van der Waals surface area contributed by atoms with Crippen LogP contribution in [0.1, 0.15) is 43.7 Å². The minimum absolute atomic E-state index is 0.225. The minimum atomic E-state index is 0.225. The molecule has 1 atom stereocenters. The molecule has 18 heavy (non-hydrogen) atoms. The van der Waals surface area contributed by atoms with Crippen molar-refractivity contribution in [1.82, 2.24) is 0 Å². The molecule has 2 N–H and O–H groups in total. The number of aryl methyl sites for hydroxylation is 1. The average Bonchev–Trinajstić information content (AvgIpc) is 2.81. The summed E-state index contributed by atoms with van der Waals surface area (Å²) in [5.41, 5.74) is 10.1. The van der Waals surface area contributed by atoms with Gasteiger partial charge in [0, 0.05) is 24.8 Å². The highest BCUT2D eigenvalue weighted by molar-refractivity contribution is 5.55. The summed E-state index contributed by atoms with van der Waals surface area (Å²) in [6, 6.07) is 7.73. The number of anilines is 1. The second-order valence-corrected chi connectivity index (χ2v) is 5.86. The molecule has 1 aliphatic rings. The van der Waals surface area contributed by atoms with E-state index in [1.165, 1.54) is 42.5 Å². The second kappa shape index (κ2) is 5.75. The van der Waals surface area contributed by atoms with Crippen LogP contribution in [0, 0.1) is 6.92 Å². The number of rotatable bonds is 4. The standard InChI is InChI=1S/C16H26N2/c1-12-8-9-16(14(10-12)11-13(2)17)18(3)15-6-4-5-7-15/h8-10,13,15H,4-7,11,17H2,1-3H3. The Kier molecular flexibility index (Phi) is 4.28. The molecule has 1 fully saturated rings. The molecule has 1 unspecified atom stereocenters. The van der Waals surface area contributed by atoms with Crippen molar-refractivity contribution >= 4 is 5.69 Å². The fraction of sp³-hybridized carbons (Fsp3) is 0.625. The van der Waals surface area contributed by atoms with Crippen LogP contribution in [0.25, 0.3) is 0 Å². The van der Waals surface area contributed by atoms with E-state index in [-0.39, 0.29) is 6.04 Å². The molecule has 1 saturated carbocycles. The summed E-state index contributed by atoms with van der Waals surface area (Å²) >= 11 is 0. The molecule has 2 rings (SSSR count). The smallest absolute Gasteiger partial charge is 0.0399 e. The maximum absolute atomic E-state index is 5.98. The highest BCUT2D eigenvalue weighted by Gasteiger charge is 2.21. The third kappa shape index (κ3) is 3.05. The number of benzene rings is 1. The molecule has 2 heteroatoms. The van der Waals surface area contributed by atoms with E-state index in [0.29, 0.717) is 0 Å². The first kappa shape index (κ1) is 13.4. The molecular weight excluding hydrogens is 220 g/mol. The molecule has 0 radical (unpaired) electrons. The summed E-state index contributed by atoms with van der Waals surface area (Å²) in [4.78, 5) is 2.48. The first-order valence-electron chi connectivity index (χ1n) is 7.16. The Bertz CT molecular complexity index is 392. The van der Waals surface area contributed by atoms with Crippen LogP contribution in [0.5, 0.6) is 0 Å². The van der Waals surface area contributed by atoms with Crippen LogP contribution in [-0.2, 0) is 6.42 Å². The van der Waals surface area contributed by atoms with Gasteiger partial charge in [0.25, 0.3) is 0 Å². The van der Waals surface area contributed by atoms with Gasteiger partial charge in [0.05, 0.1) is 0 Å². The first-order valence-corrected chi connectivity index (χ1v) is 7.16. The third-order valence-electron chi connectivity index (χ3n) is 4.03. The van der Waals surface area contributed by atoms with E-state index >= 15 is 0 Å². The predicted octanol–water partition coefficient (Wildman–Crippen LogP) is 3.26. The molecule has 100 valence electrons. The molecule has 0 amide bonds. The van der Waals surface area contributed by atoms with Gasteiger partial charge in [-0.2, -0.15) is 0 Å². The van der Waals surface area contributed by atoms with E-state index in [2.05, 4.69) is 44.0 Å². The quantitative estimate of drug-likeness (QED) is 0.883. The average molecular weight is 246 g/mol. The van der Waals surface area contributed by atoms with Gasteiger partial charge in [0.1, 0.15) is 0 Å². The molecule has 1 aromatic carbocycles. The van der Waals surface area contributed by atoms with Crippen molar-refractivity contribution in [1.29, 1.82) is 0 Å². The van der Waals surface area contributed by atoms with Crippen molar-refractivity contribution in [3.8, 4) is 0 Å². The van der Waals surface area contributed by atoms with Gasteiger partial charge in [0.15, 0.2) is 0 Å². The molecule has 0 saturated heterocycles. The number of hydrogen-bond acceptors (Lipinski definition) is 2. The normalized spacial score (nSPS) is 18.0. The third-order valence-corrected chi connectivity index (χ3v) is 4.03. The van der Waals surface area contributed by atoms with Gasteiger partial charge in [-0.3, -0.25) is 0 Å². The molecule has 1 aliphatic carbocycles. The van der Waals surface area contributed by atoms with Crippen molar-refractivity contribution in [2.45, 2.75) is 58.0 Å². The van der Waals surface area contributed by atoms with Gasteiger partial charge in [-0.05, 0) is 44.7 Å². The van der Waals surface area contributed by atoms with Crippen LogP contribution in [0.4, 0.5) is 5.69 Å². The number of nitrogens with two attached hydrogens (primary N) is 1. The summed E-state index contributed by atoms with van der Waals surface area (Å²) in [5, 5.41) is 0. The Morgan fingerprint density at radius 1 is 1.33 bits per heavy atom. The van der Waals surface area contributed by atoms with E-state index < -0.39 is 0 Å². The lowest BCUT2D eigenvalue weighted by Gasteiger charge is -2.29. The predicted molar refractivity (Wildman–Crippen MR) is 79.2 cm³/mol. The maximum atomic E-state index is 5.98. The van der Waals surface area contributed by atoms with E-state index in [1.807, 2.05) is 0 Å². The zero-order valence-electron chi connectivity index (χ0n) is 11.9. The van der Waals surface area contributed by atoms with Crippen molar-refractivity contribution in [3.63, 3.8) is 0 Å². The Hall–Kier alpha value is -1.02. The van der Waals surface area contributed by atoms with Crippen molar-refractivity contribution in [3.05, 3.63) is 29.3 Å². The summed E-state index contributed by atoms with van der Waals surface area (Å²) in [7, 11) is 2.24. The lowest BCUT2D eigenvalue weighted by Crippen LogP contribution is -2.30. The highest BCUT2D eigenvalue weighted by Crippen LogP contribution is 2.30. The largest absolute Gasteiger partial charge is 0.371 e. The van der Waals surface area contributed by atoms with Crippen LogP contribution >= 0.6 is 0 Å². The minimum Gasteiger partial charge on any atom is -0.371 e. The summed E-state index contributed by atoms with van der Waals surface area (Å²) in [5.74, 6) is 0. The second-order valence-electron chi connectivity index (χ2n) is 5.86. The lowest BCUT2D eigenvalue weighted by atomic mass is 10.0. The molecular formula is C16H26N2. The molecule has 1 aromatic rings. The van der Waals surface area contributed by atoms with E-state index in [9.17, 15) is 0 Å². The van der Waals surface area contributed by atoms with E-state index in [1.54, 1.807) is 0 Å². The monoisotopic (exact) mass is 246 g/mol. The van der Waals surface area contributed by atoms with Crippen LogP contribution in [-0.4, -0.2) is 19.1 Å². The highest BCUT2D eigenvalue weighted by atomic mass is 15.1. The zero-order chi connectivity index (χ0) is 13.1. The lowest BCUT2D eigenvalue weighted by molar-refractivity contribution is 0.646. The molecule has 0 bridgehead atoms. The van der Waals surface area contributed by atoms with Gasteiger partial charge in [-0.15, -0.1) is 0 Å². The van der Waals surface area contributed by atoms with Crippen molar-refractivity contribution in [2.75, 3.05) is 11.9 Å². The molecule has 2 nitrogen and oxygen atoms in total. The zero-order valence-corrected chi connectivity index (χ0v) is 11.9. The van der Waals surface area contributed by atoms with Gasteiger partial charge in [0.2, 0.25) is 0 Å². The SMILES string of the molecule is Cc1ccc(N(C)C2CCCC2)c(CC(C)N)c1. The van der Waals surface area contributed by atoms with Gasteiger partial charge >= 0.3 is 0 Å². The maximum Gasteiger partial charge on any atom is 0.0399 e. The Balaban J connectivity index is 2.24. The van der Waals surface area contributed by atoms with Gasteiger partial charge < -0.3 is 10.6 Å². The van der Waals surface area contributed by atoms with Crippen molar-refractivity contribution < 1.29 is 0 Å². The van der Waals surface area contributed by atoms with Gasteiger partial charge in [-0.1, -0.05) is 30.5 Å². The molecule has 0 heterocycles. The molecule has 0 aliphatic heterocycles. The molecule has 0 spiro atoms. The van der Waals surface area contributed by atoms with E-state index in [0.717, 1.165) is 12.5 Å². The number of nitrogens with zero attached hydrogens (tertiary/aromatic N) is 1. The summed E-state index contributed by atoms with van der Waals surface area (Å²) in [6.07, 6.45) is 6.39. The van der Waals surface area contributed by atoms with E-state index in [4.69, 9.17) is 5.73 Å².